The van der Waals surface area contributed by atoms with Gasteiger partial charge in [0.2, 0.25) is 0 Å². The van der Waals surface area contributed by atoms with Gasteiger partial charge in [0.1, 0.15) is 5.60 Å². The quantitative estimate of drug-likeness (QED) is 0.239. The van der Waals surface area contributed by atoms with Crippen LogP contribution in [0.15, 0.2) is 24.3 Å². The largest absolute Gasteiger partial charge is 0.444 e. The Hall–Kier alpha value is -1.58. The van der Waals surface area contributed by atoms with E-state index in [4.69, 9.17) is 4.74 Å². The van der Waals surface area contributed by atoms with Crippen LogP contribution in [0, 0.1) is 10.1 Å². The van der Waals surface area contributed by atoms with Gasteiger partial charge in [0.05, 0.1) is 15.5 Å². The molecule has 23 heavy (non-hydrogen) atoms. The summed E-state index contributed by atoms with van der Waals surface area (Å²) in [5, 5.41) is 10.7. The lowest BCUT2D eigenvalue weighted by Gasteiger charge is -2.46. The van der Waals surface area contributed by atoms with E-state index in [0.29, 0.717) is 17.6 Å². The van der Waals surface area contributed by atoms with Crippen molar-refractivity contribution in [2.45, 2.75) is 32.4 Å². The van der Waals surface area contributed by atoms with Crippen LogP contribution < -0.4 is 4.90 Å². The number of carbonyl (C=O) groups excluding carboxylic acids is 1. The first kappa shape index (κ1) is 17.8. The number of anilines is 1. The van der Waals surface area contributed by atoms with Gasteiger partial charge in [0.25, 0.3) is 5.69 Å². The van der Waals surface area contributed by atoms with Crippen molar-refractivity contribution < 1.29 is 14.5 Å². The summed E-state index contributed by atoms with van der Waals surface area (Å²) in [7, 11) is 0. The summed E-state index contributed by atoms with van der Waals surface area (Å²) in [6, 6.07) is 6.54. The van der Waals surface area contributed by atoms with Gasteiger partial charge in [-0.15, -0.1) is 0 Å². The van der Waals surface area contributed by atoms with Gasteiger partial charge in [-0.25, -0.2) is 4.79 Å². The molecule has 1 aliphatic rings. The van der Waals surface area contributed by atoms with Crippen LogP contribution >= 0.6 is 22.6 Å². The first-order valence-corrected chi connectivity index (χ1v) is 8.79. The third kappa shape index (κ3) is 4.46. The highest BCUT2D eigenvalue weighted by molar-refractivity contribution is 14.1. The second-order valence-corrected chi connectivity index (χ2v) is 7.08. The topological polar surface area (TPSA) is 75.9 Å². The Morgan fingerprint density at radius 2 is 1.96 bits per heavy atom. The summed E-state index contributed by atoms with van der Waals surface area (Å²) in [5.41, 5.74) is 0.487. The lowest BCUT2D eigenvalue weighted by Crippen LogP contribution is -2.61. The number of ether oxygens (including phenoxy) is 1. The van der Waals surface area contributed by atoms with Crippen molar-refractivity contribution in [1.82, 2.24) is 4.90 Å². The highest BCUT2D eigenvalue weighted by Crippen LogP contribution is 2.27. The van der Waals surface area contributed by atoms with Crippen LogP contribution in [-0.2, 0) is 4.74 Å². The summed E-state index contributed by atoms with van der Waals surface area (Å²) in [4.78, 5) is 26.2. The van der Waals surface area contributed by atoms with E-state index >= 15 is 0 Å². The standard InChI is InChI=1S/C15H20IN3O4/c1-15(2,3)23-14(20)18(10-16)13-8-17(9-13)11-4-6-12(7-5-11)19(21)22/h4-7,13H,8-10H2,1-3H3. The van der Waals surface area contributed by atoms with Crippen LogP contribution in [0.2, 0.25) is 0 Å². The number of hydrogen-bond donors (Lipinski definition) is 0. The minimum Gasteiger partial charge on any atom is -0.444 e. The number of rotatable bonds is 4. The molecule has 0 spiro atoms. The third-order valence-corrected chi connectivity index (χ3v) is 4.22. The summed E-state index contributed by atoms with van der Waals surface area (Å²) in [6.45, 7) is 6.93. The van der Waals surface area contributed by atoms with Gasteiger partial charge in [-0.05, 0) is 32.9 Å². The zero-order valence-electron chi connectivity index (χ0n) is 13.4. The number of amides is 1. The summed E-state index contributed by atoms with van der Waals surface area (Å²) in [6.07, 6.45) is -0.305. The van der Waals surface area contributed by atoms with Crippen molar-refractivity contribution in [3.8, 4) is 0 Å². The molecule has 0 radical (unpaired) electrons. The fraction of sp³-hybridized carbons (Fsp3) is 0.533. The average Bonchev–Trinajstić information content (AvgIpc) is 2.40. The van der Waals surface area contributed by atoms with Crippen LogP contribution in [0.1, 0.15) is 20.8 Å². The Bertz CT molecular complexity index is 579. The fourth-order valence-corrected chi connectivity index (χ4v) is 3.10. The van der Waals surface area contributed by atoms with Gasteiger partial charge in [-0.3, -0.25) is 15.0 Å². The predicted molar refractivity (Wildman–Crippen MR) is 96.1 cm³/mol. The molecule has 1 aliphatic heterocycles. The van der Waals surface area contributed by atoms with Crippen molar-refractivity contribution in [2.75, 3.05) is 22.5 Å². The van der Waals surface area contributed by atoms with Crippen molar-refractivity contribution in [1.29, 1.82) is 0 Å². The molecule has 2 rings (SSSR count). The highest BCUT2D eigenvalue weighted by Gasteiger charge is 2.36. The molecule has 0 aromatic heterocycles. The summed E-state index contributed by atoms with van der Waals surface area (Å²) >= 11 is 2.15. The highest BCUT2D eigenvalue weighted by atomic mass is 127. The fourth-order valence-electron chi connectivity index (χ4n) is 2.26. The molecule has 1 saturated heterocycles. The van der Waals surface area contributed by atoms with Crippen LogP contribution in [-0.4, -0.2) is 45.2 Å². The number of non-ortho nitro benzene ring substituents is 1. The molecule has 1 aromatic rings. The lowest BCUT2D eigenvalue weighted by atomic mass is 10.1. The SMILES string of the molecule is CC(C)(C)OC(=O)N(CI)C1CN(c2ccc([N+](=O)[O-])cc2)C1. The maximum Gasteiger partial charge on any atom is 0.411 e. The maximum absolute atomic E-state index is 12.2. The molecule has 0 aliphatic carbocycles. The van der Waals surface area contributed by atoms with E-state index in [0.717, 1.165) is 5.69 Å². The van der Waals surface area contributed by atoms with Gasteiger partial charge >= 0.3 is 6.09 Å². The number of benzene rings is 1. The minimum absolute atomic E-state index is 0.0773. The van der Waals surface area contributed by atoms with Gasteiger partial charge < -0.3 is 9.64 Å². The van der Waals surface area contributed by atoms with Crippen molar-refractivity contribution in [3.63, 3.8) is 0 Å². The number of alkyl halides is 1. The molecule has 0 bridgehead atoms. The Morgan fingerprint density at radius 3 is 2.39 bits per heavy atom. The molecule has 1 heterocycles. The van der Waals surface area contributed by atoms with E-state index in [1.807, 2.05) is 20.8 Å². The van der Waals surface area contributed by atoms with E-state index in [9.17, 15) is 14.9 Å². The van der Waals surface area contributed by atoms with E-state index in [1.165, 1.54) is 12.1 Å². The zero-order chi connectivity index (χ0) is 17.2. The summed E-state index contributed by atoms with van der Waals surface area (Å²) in [5.74, 6) is 0. The smallest absolute Gasteiger partial charge is 0.411 e. The average molecular weight is 433 g/mol. The molecule has 126 valence electrons. The minimum atomic E-state index is -0.511. The number of hydrogen-bond acceptors (Lipinski definition) is 5. The first-order chi connectivity index (χ1) is 10.7. The first-order valence-electron chi connectivity index (χ1n) is 7.26. The molecule has 8 heteroatoms. The van der Waals surface area contributed by atoms with E-state index in [-0.39, 0.29) is 17.8 Å². The predicted octanol–water partition coefficient (Wildman–Crippen LogP) is 3.41. The van der Waals surface area contributed by atoms with Gasteiger partial charge in [-0.2, -0.15) is 0 Å². The van der Waals surface area contributed by atoms with Crippen molar-refractivity contribution >= 4 is 40.1 Å². The Balaban J connectivity index is 1.94. The monoisotopic (exact) mass is 433 g/mol. The summed E-state index contributed by atoms with van der Waals surface area (Å²) < 4.78 is 5.98. The molecular formula is C15H20IN3O4. The zero-order valence-corrected chi connectivity index (χ0v) is 15.5. The molecule has 1 amide bonds. The van der Waals surface area contributed by atoms with Crippen LogP contribution in [0.4, 0.5) is 16.2 Å². The van der Waals surface area contributed by atoms with Crippen LogP contribution in [0.5, 0.6) is 0 Å². The molecule has 7 nitrogen and oxygen atoms in total. The Labute approximate surface area is 148 Å². The normalized spacial score (nSPS) is 15.0. The number of carbonyl (C=O) groups is 1. The van der Waals surface area contributed by atoms with Crippen molar-refractivity contribution in [3.05, 3.63) is 34.4 Å². The number of nitro groups is 1. The third-order valence-electron chi connectivity index (χ3n) is 3.49. The molecule has 1 fully saturated rings. The van der Waals surface area contributed by atoms with Crippen molar-refractivity contribution in [2.24, 2.45) is 0 Å². The van der Waals surface area contributed by atoms with Gasteiger partial charge in [-0.1, -0.05) is 22.6 Å². The number of nitrogens with zero attached hydrogens (tertiary/aromatic N) is 3. The Morgan fingerprint density at radius 1 is 1.39 bits per heavy atom. The molecule has 0 unspecified atom stereocenters. The van der Waals surface area contributed by atoms with E-state index in [1.54, 1.807) is 17.0 Å². The van der Waals surface area contributed by atoms with Crippen LogP contribution in [0.3, 0.4) is 0 Å². The number of halogens is 1. The molecule has 0 N–H and O–H groups in total. The second-order valence-electron chi connectivity index (χ2n) is 6.40. The number of nitro benzene ring substituents is 1. The molecular weight excluding hydrogens is 413 g/mol. The Kier molecular flexibility index (Phi) is 5.33. The molecule has 0 atom stereocenters. The molecule has 0 saturated carbocycles. The van der Waals surface area contributed by atoms with E-state index < -0.39 is 10.5 Å². The maximum atomic E-state index is 12.2. The van der Waals surface area contributed by atoms with E-state index in [2.05, 4.69) is 27.5 Å². The molecule has 1 aromatic carbocycles. The lowest BCUT2D eigenvalue weighted by molar-refractivity contribution is -0.384. The van der Waals surface area contributed by atoms with Gasteiger partial charge in [0, 0.05) is 30.9 Å². The van der Waals surface area contributed by atoms with Gasteiger partial charge in [0.15, 0.2) is 0 Å². The second kappa shape index (κ2) is 6.90. The van der Waals surface area contributed by atoms with Crippen LogP contribution in [0.25, 0.3) is 0 Å².